The Labute approximate surface area is 120 Å². The second-order valence-corrected chi connectivity index (χ2v) is 5.53. The highest BCUT2D eigenvalue weighted by Crippen LogP contribution is 2.26. The third-order valence-corrected chi connectivity index (χ3v) is 4.20. The molecule has 1 unspecified atom stereocenters. The monoisotopic (exact) mass is 294 g/mol. The van der Waals surface area contributed by atoms with Crippen LogP contribution in [0.4, 0.5) is 10.1 Å². The summed E-state index contributed by atoms with van der Waals surface area (Å²) in [6.07, 6.45) is 2.74. The number of rotatable bonds is 5. The molecule has 0 spiro atoms. The molecule has 20 heavy (non-hydrogen) atoms. The van der Waals surface area contributed by atoms with Gasteiger partial charge in [-0.2, -0.15) is 0 Å². The number of benzene rings is 1. The van der Waals surface area contributed by atoms with Crippen molar-refractivity contribution in [3.63, 3.8) is 0 Å². The quantitative estimate of drug-likeness (QED) is 0.882. The Morgan fingerprint density at radius 2 is 2.30 bits per heavy atom. The summed E-state index contributed by atoms with van der Waals surface area (Å²) in [7, 11) is 0. The van der Waals surface area contributed by atoms with E-state index in [1.165, 1.54) is 17.0 Å². The molecule has 0 bridgehead atoms. The Bertz CT molecular complexity index is 627. The van der Waals surface area contributed by atoms with Crippen molar-refractivity contribution in [2.75, 3.05) is 5.32 Å². The van der Waals surface area contributed by atoms with Crippen LogP contribution in [-0.2, 0) is 6.42 Å². The standard InChI is InChI=1S/C14H15FN2O2S/c1-3-10-7-16-13(20-10)8(2)17-12-5-4-9(15)6-11(12)14(18)19/h4-8,17H,3H2,1-2H3,(H,18,19). The van der Waals surface area contributed by atoms with E-state index in [9.17, 15) is 9.18 Å². The molecule has 4 nitrogen and oxygen atoms in total. The normalized spacial score (nSPS) is 12.2. The SMILES string of the molecule is CCc1cnc(C(C)Nc2ccc(F)cc2C(=O)O)s1. The van der Waals surface area contributed by atoms with Gasteiger partial charge in [-0.15, -0.1) is 11.3 Å². The van der Waals surface area contributed by atoms with Crippen LogP contribution < -0.4 is 5.32 Å². The van der Waals surface area contributed by atoms with Gasteiger partial charge in [0.1, 0.15) is 10.8 Å². The van der Waals surface area contributed by atoms with E-state index in [-0.39, 0.29) is 11.6 Å². The van der Waals surface area contributed by atoms with Crippen LogP contribution in [0.1, 0.15) is 40.1 Å². The van der Waals surface area contributed by atoms with Gasteiger partial charge in [0.05, 0.1) is 11.6 Å². The average Bonchev–Trinajstić information content (AvgIpc) is 2.89. The molecule has 106 valence electrons. The first-order valence-electron chi connectivity index (χ1n) is 6.25. The number of hydrogen-bond donors (Lipinski definition) is 2. The first-order valence-corrected chi connectivity index (χ1v) is 7.07. The lowest BCUT2D eigenvalue weighted by atomic mass is 10.1. The van der Waals surface area contributed by atoms with Crippen molar-refractivity contribution in [2.24, 2.45) is 0 Å². The zero-order chi connectivity index (χ0) is 14.7. The fourth-order valence-electron chi connectivity index (χ4n) is 1.80. The molecule has 0 aliphatic rings. The van der Waals surface area contributed by atoms with Crippen LogP contribution in [0.15, 0.2) is 24.4 Å². The molecule has 0 radical (unpaired) electrons. The minimum absolute atomic E-state index is 0.0795. The number of carbonyl (C=O) groups is 1. The minimum Gasteiger partial charge on any atom is -0.478 e. The summed E-state index contributed by atoms with van der Waals surface area (Å²) in [6, 6.07) is 3.55. The smallest absolute Gasteiger partial charge is 0.337 e. The molecule has 0 saturated heterocycles. The summed E-state index contributed by atoms with van der Waals surface area (Å²) in [4.78, 5) is 16.6. The van der Waals surface area contributed by atoms with E-state index in [2.05, 4.69) is 17.2 Å². The second kappa shape index (κ2) is 6.00. The van der Waals surface area contributed by atoms with Crippen LogP contribution in [0.3, 0.4) is 0 Å². The van der Waals surface area contributed by atoms with E-state index in [0.29, 0.717) is 5.69 Å². The average molecular weight is 294 g/mol. The van der Waals surface area contributed by atoms with Gasteiger partial charge in [-0.1, -0.05) is 6.92 Å². The van der Waals surface area contributed by atoms with Crippen molar-refractivity contribution in [3.8, 4) is 0 Å². The van der Waals surface area contributed by atoms with Crippen molar-refractivity contribution in [1.29, 1.82) is 0 Å². The lowest BCUT2D eigenvalue weighted by Crippen LogP contribution is -2.10. The molecule has 1 atom stereocenters. The largest absolute Gasteiger partial charge is 0.478 e. The van der Waals surface area contributed by atoms with Crippen LogP contribution in [0.5, 0.6) is 0 Å². The zero-order valence-electron chi connectivity index (χ0n) is 11.2. The van der Waals surface area contributed by atoms with E-state index in [0.717, 1.165) is 17.5 Å². The third-order valence-electron chi connectivity index (χ3n) is 2.87. The van der Waals surface area contributed by atoms with E-state index < -0.39 is 11.8 Å². The van der Waals surface area contributed by atoms with Gasteiger partial charge in [0, 0.05) is 16.8 Å². The van der Waals surface area contributed by atoms with Gasteiger partial charge in [-0.05, 0) is 31.5 Å². The molecule has 1 aromatic heterocycles. The molecule has 0 saturated carbocycles. The van der Waals surface area contributed by atoms with Gasteiger partial charge in [-0.3, -0.25) is 0 Å². The van der Waals surface area contributed by atoms with Gasteiger partial charge >= 0.3 is 5.97 Å². The molecule has 2 N–H and O–H groups in total. The van der Waals surface area contributed by atoms with Gasteiger partial charge in [0.2, 0.25) is 0 Å². The molecule has 2 rings (SSSR count). The number of nitrogens with zero attached hydrogens (tertiary/aromatic N) is 1. The molecule has 1 heterocycles. The van der Waals surface area contributed by atoms with Crippen LogP contribution >= 0.6 is 11.3 Å². The molecule has 0 aliphatic heterocycles. The predicted molar refractivity (Wildman–Crippen MR) is 76.9 cm³/mol. The number of carboxylic acids is 1. The molecular formula is C14H15FN2O2S. The number of aromatic carboxylic acids is 1. The summed E-state index contributed by atoms with van der Waals surface area (Å²) >= 11 is 1.58. The number of nitrogens with one attached hydrogen (secondary N) is 1. The maximum atomic E-state index is 13.1. The number of aryl methyl sites for hydroxylation is 1. The lowest BCUT2D eigenvalue weighted by Gasteiger charge is -2.14. The van der Waals surface area contributed by atoms with Gasteiger partial charge < -0.3 is 10.4 Å². The molecular weight excluding hydrogens is 279 g/mol. The highest BCUT2D eigenvalue weighted by Gasteiger charge is 2.15. The Morgan fingerprint density at radius 3 is 2.90 bits per heavy atom. The number of thiazole rings is 1. The maximum Gasteiger partial charge on any atom is 0.337 e. The van der Waals surface area contributed by atoms with E-state index in [4.69, 9.17) is 5.11 Å². The molecule has 0 amide bonds. The number of anilines is 1. The Balaban J connectivity index is 2.23. The Kier molecular flexibility index (Phi) is 4.34. The summed E-state index contributed by atoms with van der Waals surface area (Å²) < 4.78 is 13.1. The zero-order valence-corrected chi connectivity index (χ0v) is 12.0. The Hall–Kier alpha value is -1.95. The lowest BCUT2D eigenvalue weighted by molar-refractivity contribution is 0.0697. The summed E-state index contributed by atoms with van der Waals surface area (Å²) in [5, 5.41) is 13.0. The van der Waals surface area contributed by atoms with Gasteiger partial charge in [-0.25, -0.2) is 14.2 Å². The topological polar surface area (TPSA) is 62.2 Å². The van der Waals surface area contributed by atoms with Crippen molar-refractivity contribution in [1.82, 2.24) is 4.98 Å². The van der Waals surface area contributed by atoms with E-state index in [1.54, 1.807) is 11.3 Å². The van der Waals surface area contributed by atoms with Crippen molar-refractivity contribution in [3.05, 3.63) is 45.7 Å². The highest BCUT2D eigenvalue weighted by atomic mass is 32.1. The molecule has 1 aromatic carbocycles. The Morgan fingerprint density at radius 1 is 1.55 bits per heavy atom. The van der Waals surface area contributed by atoms with E-state index in [1.807, 2.05) is 13.1 Å². The highest BCUT2D eigenvalue weighted by molar-refractivity contribution is 7.11. The molecule has 2 aromatic rings. The van der Waals surface area contributed by atoms with Gasteiger partial charge in [0.15, 0.2) is 0 Å². The first-order chi connectivity index (χ1) is 9.51. The number of hydrogen-bond acceptors (Lipinski definition) is 4. The van der Waals surface area contributed by atoms with E-state index >= 15 is 0 Å². The van der Waals surface area contributed by atoms with Crippen LogP contribution in [0.2, 0.25) is 0 Å². The summed E-state index contributed by atoms with van der Waals surface area (Å²) in [5.74, 6) is -1.73. The van der Waals surface area contributed by atoms with Crippen LogP contribution in [-0.4, -0.2) is 16.1 Å². The third kappa shape index (κ3) is 3.14. The maximum absolute atomic E-state index is 13.1. The minimum atomic E-state index is -1.16. The van der Waals surface area contributed by atoms with Gasteiger partial charge in [0.25, 0.3) is 0 Å². The number of aromatic nitrogens is 1. The predicted octanol–water partition coefficient (Wildman–Crippen LogP) is 3.72. The first kappa shape index (κ1) is 14.5. The van der Waals surface area contributed by atoms with Crippen molar-refractivity contribution >= 4 is 23.0 Å². The van der Waals surface area contributed by atoms with Crippen molar-refractivity contribution < 1.29 is 14.3 Å². The number of halogens is 1. The fraction of sp³-hybridized carbons (Fsp3) is 0.286. The second-order valence-electron chi connectivity index (χ2n) is 4.38. The van der Waals surface area contributed by atoms with Crippen LogP contribution in [0.25, 0.3) is 0 Å². The molecule has 6 heteroatoms. The molecule has 0 fully saturated rings. The van der Waals surface area contributed by atoms with Crippen molar-refractivity contribution in [2.45, 2.75) is 26.3 Å². The summed E-state index contributed by atoms with van der Waals surface area (Å²) in [5.41, 5.74) is 0.309. The van der Waals surface area contributed by atoms with Crippen LogP contribution in [0, 0.1) is 5.82 Å². The number of carboxylic acid groups (broad SMARTS) is 1. The fourth-order valence-corrected chi connectivity index (χ4v) is 2.66. The summed E-state index contributed by atoms with van der Waals surface area (Å²) in [6.45, 7) is 3.95. The molecule has 0 aliphatic carbocycles.